The van der Waals surface area contributed by atoms with Crippen molar-refractivity contribution in [3.8, 4) is 5.75 Å². The maximum absolute atomic E-state index is 13.8. The average Bonchev–Trinajstić information content (AvgIpc) is 3.88. The number of anilines is 1. The molecular weight excluding hydrogens is 632 g/mol. The van der Waals surface area contributed by atoms with E-state index in [2.05, 4.69) is 11.0 Å². The van der Waals surface area contributed by atoms with Crippen LogP contribution in [0.3, 0.4) is 0 Å². The summed E-state index contributed by atoms with van der Waals surface area (Å²) in [6, 6.07) is 20.9. The minimum atomic E-state index is -3.86. The first-order chi connectivity index (χ1) is 23.2. The van der Waals surface area contributed by atoms with Gasteiger partial charge in [-0.3, -0.25) is 0 Å². The Hall–Kier alpha value is -3.03. The van der Waals surface area contributed by atoms with Gasteiger partial charge in [-0.15, -0.1) is 0 Å². The number of hydrogen-bond acceptors (Lipinski definition) is 9. The lowest BCUT2D eigenvalue weighted by atomic mass is 9.84. The number of sulfonamides is 1. The summed E-state index contributed by atoms with van der Waals surface area (Å²) in [7, 11) is 1.29. The van der Waals surface area contributed by atoms with Gasteiger partial charge in [0.05, 0.1) is 48.2 Å². The smallest absolute Gasteiger partial charge is 0.243 e. The van der Waals surface area contributed by atoms with Crippen molar-refractivity contribution in [3.63, 3.8) is 0 Å². The van der Waals surface area contributed by atoms with Crippen molar-refractivity contribution in [2.24, 2.45) is 5.92 Å². The maximum atomic E-state index is 13.8. The summed E-state index contributed by atoms with van der Waals surface area (Å²) in [5.41, 5.74) is 4.86. The van der Waals surface area contributed by atoms with Crippen LogP contribution in [0.15, 0.2) is 71.6 Å². The molecule has 6 rings (SSSR count). The molecule has 2 aliphatic heterocycles. The van der Waals surface area contributed by atoms with E-state index in [4.69, 9.17) is 23.7 Å². The van der Waals surface area contributed by atoms with E-state index in [0.717, 1.165) is 59.6 Å². The molecule has 1 N–H and O–H groups in total. The van der Waals surface area contributed by atoms with Gasteiger partial charge in [-0.25, -0.2) is 8.42 Å². The van der Waals surface area contributed by atoms with Gasteiger partial charge in [0, 0.05) is 59.4 Å². The number of ether oxygens (including phenoxy) is 5. The molecular formula is C37H48N2O8S. The number of aryl methyl sites for hydroxylation is 1. The Kier molecular flexibility index (Phi) is 11.1. The van der Waals surface area contributed by atoms with Crippen molar-refractivity contribution in [2.45, 2.75) is 61.6 Å². The highest BCUT2D eigenvalue weighted by molar-refractivity contribution is 7.89. The van der Waals surface area contributed by atoms with Crippen molar-refractivity contribution in [1.29, 1.82) is 0 Å². The number of fused-ring (bicyclic) bond motifs is 1. The van der Waals surface area contributed by atoms with Crippen LogP contribution in [0.2, 0.25) is 0 Å². The molecule has 2 fully saturated rings. The summed E-state index contributed by atoms with van der Waals surface area (Å²) in [6.45, 7) is 5.19. The molecule has 6 atom stereocenters. The molecule has 0 bridgehead atoms. The second-order valence-electron chi connectivity index (χ2n) is 13.1. The van der Waals surface area contributed by atoms with Gasteiger partial charge in [0.25, 0.3) is 0 Å². The fourth-order valence-corrected chi connectivity index (χ4v) is 8.57. The highest BCUT2D eigenvalue weighted by Gasteiger charge is 2.45. The number of piperidine rings is 1. The Morgan fingerprint density at radius 2 is 1.75 bits per heavy atom. The summed E-state index contributed by atoms with van der Waals surface area (Å²) in [6.07, 6.45) is 0.387. The number of β-amino-alcohol motifs (C(OH)–C–C–N with tert-alkyl or cyclic N) is 1. The van der Waals surface area contributed by atoms with Crippen LogP contribution in [0.5, 0.6) is 5.75 Å². The van der Waals surface area contributed by atoms with Gasteiger partial charge < -0.3 is 33.7 Å². The van der Waals surface area contributed by atoms with Crippen LogP contribution in [0.1, 0.15) is 47.1 Å². The van der Waals surface area contributed by atoms with Gasteiger partial charge in [0.2, 0.25) is 10.0 Å². The molecule has 1 aliphatic carbocycles. The maximum Gasteiger partial charge on any atom is 0.243 e. The monoisotopic (exact) mass is 680 g/mol. The van der Waals surface area contributed by atoms with E-state index >= 15 is 0 Å². The van der Waals surface area contributed by atoms with E-state index < -0.39 is 28.1 Å². The molecule has 1 unspecified atom stereocenters. The molecule has 0 aromatic heterocycles. The minimum absolute atomic E-state index is 0.0343. The zero-order chi connectivity index (χ0) is 33.8. The summed E-state index contributed by atoms with van der Waals surface area (Å²) in [5, 5.41) is 11.6. The van der Waals surface area contributed by atoms with Crippen molar-refractivity contribution < 1.29 is 37.2 Å². The second-order valence-corrected chi connectivity index (χ2v) is 15.0. The van der Waals surface area contributed by atoms with Gasteiger partial charge in [-0.05, 0) is 60.7 Å². The fourth-order valence-electron chi connectivity index (χ4n) is 7.10. The van der Waals surface area contributed by atoms with Gasteiger partial charge in [-0.1, -0.05) is 48.0 Å². The van der Waals surface area contributed by atoms with Crippen LogP contribution < -0.4 is 9.64 Å². The van der Waals surface area contributed by atoms with Crippen molar-refractivity contribution >= 4 is 15.7 Å². The minimum Gasteiger partial charge on any atom is -0.490 e. The summed E-state index contributed by atoms with van der Waals surface area (Å²) < 4.78 is 58.1. The van der Waals surface area contributed by atoms with E-state index in [1.165, 1.54) is 4.31 Å². The van der Waals surface area contributed by atoms with Crippen LogP contribution in [0, 0.1) is 12.8 Å². The number of nitrogens with zero attached hydrogens (tertiary/aromatic N) is 2. The fraction of sp³-hybridized carbons (Fsp3) is 0.514. The largest absolute Gasteiger partial charge is 0.490 e. The van der Waals surface area contributed by atoms with E-state index in [1.54, 1.807) is 45.6 Å². The van der Waals surface area contributed by atoms with Crippen molar-refractivity contribution in [3.05, 3.63) is 89.0 Å². The normalized spacial score (nSPS) is 24.9. The van der Waals surface area contributed by atoms with Crippen molar-refractivity contribution in [2.75, 3.05) is 65.6 Å². The van der Waals surface area contributed by atoms with Gasteiger partial charge in [0.15, 0.2) is 0 Å². The molecule has 11 heteroatoms. The quantitative estimate of drug-likeness (QED) is 0.243. The molecule has 10 nitrogen and oxygen atoms in total. The first-order valence-corrected chi connectivity index (χ1v) is 18.2. The van der Waals surface area contributed by atoms with E-state index in [-0.39, 0.29) is 36.8 Å². The molecule has 3 aliphatic rings. The lowest BCUT2D eigenvalue weighted by Gasteiger charge is -2.41. The molecule has 260 valence electrons. The summed E-state index contributed by atoms with van der Waals surface area (Å²) >= 11 is 0. The Labute approximate surface area is 284 Å². The molecule has 1 saturated carbocycles. The lowest BCUT2D eigenvalue weighted by Crippen LogP contribution is -2.53. The van der Waals surface area contributed by atoms with Crippen LogP contribution in [0.25, 0.3) is 0 Å². The SMILES string of the molecule is COCCCN1CCOc2ccc(CO[C@H]3CN(S(=O)(=O)c4ccc(C)cc4)C[C@@H](O)[C@@H]3c3ccc([C@@H](OC)C4C[C@@H]4OC)cc3)cc21. The predicted octanol–water partition coefficient (Wildman–Crippen LogP) is 4.69. The third-order valence-electron chi connectivity index (χ3n) is 9.85. The Morgan fingerprint density at radius 3 is 2.44 bits per heavy atom. The Bertz CT molecular complexity index is 1620. The number of methoxy groups -OCH3 is 3. The van der Waals surface area contributed by atoms with Crippen LogP contribution in [0.4, 0.5) is 5.69 Å². The highest BCUT2D eigenvalue weighted by atomic mass is 32.2. The first-order valence-electron chi connectivity index (χ1n) is 16.7. The Morgan fingerprint density at radius 1 is 0.979 bits per heavy atom. The van der Waals surface area contributed by atoms with Crippen LogP contribution >= 0.6 is 0 Å². The molecule has 3 aromatic rings. The van der Waals surface area contributed by atoms with Gasteiger partial charge >= 0.3 is 0 Å². The number of benzene rings is 3. The lowest BCUT2D eigenvalue weighted by molar-refractivity contribution is -0.0534. The Balaban J connectivity index is 1.25. The zero-order valence-corrected chi connectivity index (χ0v) is 29.1. The third-order valence-corrected chi connectivity index (χ3v) is 11.7. The standard InChI is InChI=1S/C37H48N2O8S/c1-25-6-13-29(14-7-25)48(41,42)39-22-32(40)36(27-9-11-28(12-10-27)37(45-4)30-21-34(30)44-3)35(23-39)47-24-26-8-15-33-31(20-26)38(17-19-46-33)16-5-18-43-2/h6-15,20,30,32,34-37,40H,5,16-19,21-24H2,1-4H3/t30?,32-,34+,35+,36+,37-/m1/s1. The highest BCUT2D eigenvalue weighted by Crippen LogP contribution is 2.45. The number of rotatable bonds is 14. The average molecular weight is 681 g/mol. The number of hydrogen-bond donors (Lipinski definition) is 1. The molecule has 2 heterocycles. The van der Waals surface area contributed by atoms with E-state index in [1.807, 2.05) is 43.3 Å². The molecule has 1 saturated heterocycles. The van der Waals surface area contributed by atoms with Crippen LogP contribution in [-0.2, 0) is 35.6 Å². The summed E-state index contributed by atoms with van der Waals surface area (Å²) in [4.78, 5) is 2.50. The molecule has 0 radical (unpaired) electrons. The number of aliphatic hydroxyl groups excluding tert-OH is 1. The third kappa shape index (κ3) is 7.57. The van der Waals surface area contributed by atoms with Crippen LogP contribution in [-0.4, -0.2) is 96.9 Å². The molecule has 3 aromatic carbocycles. The number of aliphatic hydroxyl groups is 1. The summed E-state index contributed by atoms with van der Waals surface area (Å²) in [5.74, 6) is 0.700. The van der Waals surface area contributed by atoms with E-state index in [0.29, 0.717) is 19.1 Å². The molecule has 0 spiro atoms. The van der Waals surface area contributed by atoms with Gasteiger partial charge in [0.1, 0.15) is 12.4 Å². The predicted molar refractivity (Wildman–Crippen MR) is 183 cm³/mol. The van der Waals surface area contributed by atoms with Gasteiger partial charge in [-0.2, -0.15) is 4.31 Å². The first kappa shape index (κ1) is 34.8. The second kappa shape index (κ2) is 15.2. The van der Waals surface area contributed by atoms with Crippen molar-refractivity contribution in [1.82, 2.24) is 4.31 Å². The van der Waals surface area contributed by atoms with E-state index in [9.17, 15) is 13.5 Å². The zero-order valence-electron chi connectivity index (χ0n) is 28.3. The molecule has 48 heavy (non-hydrogen) atoms. The molecule has 0 amide bonds. The topological polar surface area (TPSA) is 107 Å².